The minimum absolute atomic E-state index is 0.0593. The summed E-state index contributed by atoms with van der Waals surface area (Å²) in [6.45, 7) is 1.92. The van der Waals surface area contributed by atoms with Crippen molar-refractivity contribution >= 4 is 6.03 Å². The van der Waals surface area contributed by atoms with Crippen molar-refractivity contribution in [3.05, 3.63) is 71.8 Å². The monoisotopic (exact) mass is 338 g/mol. The van der Waals surface area contributed by atoms with E-state index < -0.39 is 0 Å². The average Bonchev–Trinajstić information content (AvgIpc) is 3.47. The normalized spacial score (nSPS) is 14.7. The zero-order valence-electron chi connectivity index (χ0n) is 14.5. The van der Waals surface area contributed by atoms with Gasteiger partial charge in [0.25, 0.3) is 0 Å². The van der Waals surface area contributed by atoms with E-state index in [0.717, 1.165) is 24.5 Å². The molecule has 1 saturated carbocycles. The lowest BCUT2D eigenvalue weighted by Crippen LogP contribution is -2.40. The van der Waals surface area contributed by atoms with Crippen molar-refractivity contribution in [3.8, 4) is 0 Å². The van der Waals surface area contributed by atoms with E-state index >= 15 is 0 Å². The van der Waals surface area contributed by atoms with Crippen LogP contribution in [0.2, 0.25) is 0 Å². The number of nitrogens with one attached hydrogen (secondary N) is 2. The molecule has 1 aliphatic rings. The fourth-order valence-corrected chi connectivity index (χ4v) is 2.77. The predicted molar refractivity (Wildman–Crippen MR) is 99.4 cm³/mol. The number of amides is 2. The number of carbonyl (C=O) groups is 1. The molecule has 1 unspecified atom stereocenters. The zero-order valence-corrected chi connectivity index (χ0v) is 14.5. The fourth-order valence-electron chi connectivity index (χ4n) is 2.77. The van der Waals surface area contributed by atoms with Gasteiger partial charge in [-0.05, 0) is 36.3 Å². The maximum absolute atomic E-state index is 12.2. The van der Waals surface area contributed by atoms with Gasteiger partial charge in [-0.1, -0.05) is 60.7 Å². The third-order valence-corrected chi connectivity index (χ3v) is 4.37. The molecule has 0 heterocycles. The molecular formula is C21H26N2O2. The van der Waals surface area contributed by atoms with Gasteiger partial charge in [0.05, 0.1) is 12.6 Å². The van der Waals surface area contributed by atoms with Crippen LogP contribution in [0.5, 0.6) is 0 Å². The Bertz CT molecular complexity index is 641. The number of ether oxygens (including phenoxy) is 1. The van der Waals surface area contributed by atoms with Crippen molar-refractivity contribution in [2.24, 2.45) is 5.92 Å². The lowest BCUT2D eigenvalue weighted by atomic mass is 9.99. The van der Waals surface area contributed by atoms with Gasteiger partial charge in [0.1, 0.15) is 0 Å². The summed E-state index contributed by atoms with van der Waals surface area (Å²) in [5.74, 6) is 0.752. The first-order chi connectivity index (χ1) is 12.3. The lowest BCUT2D eigenvalue weighted by molar-refractivity contribution is 0.126. The Morgan fingerprint density at radius 2 is 1.72 bits per heavy atom. The standard InChI is InChI=1S/C21H26N2O2/c24-21(22-13-14-25-16-18-11-12-18)23-20(19-9-5-2-6-10-19)15-17-7-3-1-4-8-17/h1-10,18,20H,11-16H2,(H2,22,23,24). The highest BCUT2D eigenvalue weighted by Crippen LogP contribution is 2.28. The van der Waals surface area contributed by atoms with E-state index in [2.05, 4.69) is 22.8 Å². The summed E-state index contributed by atoms with van der Waals surface area (Å²) in [5.41, 5.74) is 2.30. The van der Waals surface area contributed by atoms with Crippen LogP contribution in [0, 0.1) is 5.92 Å². The van der Waals surface area contributed by atoms with E-state index in [9.17, 15) is 4.79 Å². The van der Waals surface area contributed by atoms with Crippen LogP contribution in [0.3, 0.4) is 0 Å². The molecule has 2 aromatic carbocycles. The molecule has 0 radical (unpaired) electrons. The van der Waals surface area contributed by atoms with Crippen LogP contribution in [0.25, 0.3) is 0 Å². The van der Waals surface area contributed by atoms with Gasteiger partial charge in [0, 0.05) is 13.2 Å². The maximum Gasteiger partial charge on any atom is 0.315 e. The van der Waals surface area contributed by atoms with Crippen LogP contribution in [-0.2, 0) is 11.2 Å². The van der Waals surface area contributed by atoms with Gasteiger partial charge in [0.2, 0.25) is 0 Å². The highest BCUT2D eigenvalue weighted by atomic mass is 16.5. The Labute approximate surface area is 149 Å². The molecule has 2 N–H and O–H groups in total. The molecule has 4 heteroatoms. The Balaban J connectivity index is 1.50. The second-order valence-corrected chi connectivity index (χ2v) is 6.57. The van der Waals surface area contributed by atoms with Gasteiger partial charge >= 0.3 is 6.03 Å². The van der Waals surface area contributed by atoms with Gasteiger partial charge < -0.3 is 15.4 Å². The molecule has 132 valence electrons. The highest BCUT2D eigenvalue weighted by Gasteiger charge is 2.21. The Morgan fingerprint density at radius 3 is 2.40 bits per heavy atom. The molecule has 0 aromatic heterocycles. The molecule has 0 saturated heterocycles. The van der Waals surface area contributed by atoms with Gasteiger partial charge in [-0.15, -0.1) is 0 Å². The summed E-state index contributed by atoms with van der Waals surface area (Å²) in [7, 11) is 0. The van der Waals surface area contributed by atoms with Crippen LogP contribution in [0.4, 0.5) is 4.79 Å². The van der Waals surface area contributed by atoms with Crippen LogP contribution >= 0.6 is 0 Å². The first kappa shape index (κ1) is 17.5. The minimum atomic E-state index is -0.153. The summed E-state index contributed by atoms with van der Waals surface area (Å²) < 4.78 is 5.55. The van der Waals surface area contributed by atoms with Crippen LogP contribution in [0.1, 0.15) is 30.0 Å². The second-order valence-electron chi connectivity index (χ2n) is 6.57. The average molecular weight is 338 g/mol. The van der Waals surface area contributed by atoms with Crippen LogP contribution < -0.4 is 10.6 Å². The molecule has 4 nitrogen and oxygen atoms in total. The zero-order chi connectivity index (χ0) is 17.3. The van der Waals surface area contributed by atoms with Crippen molar-refractivity contribution in [1.29, 1.82) is 0 Å². The number of hydrogen-bond acceptors (Lipinski definition) is 2. The Hall–Kier alpha value is -2.33. The van der Waals surface area contributed by atoms with Crippen LogP contribution in [0.15, 0.2) is 60.7 Å². The minimum Gasteiger partial charge on any atom is -0.379 e. The van der Waals surface area contributed by atoms with Gasteiger partial charge in [0.15, 0.2) is 0 Å². The first-order valence-electron chi connectivity index (χ1n) is 9.02. The molecule has 0 aliphatic heterocycles. The van der Waals surface area contributed by atoms with Crippen molar-refractivity contribution in [2.45, 2.75) is 25.3 Å². The number of urea groups is 1. The summed E-state index contributed by atoms with van der Waals surface area (Å²) in [6, 6.07) is 20.1. The van der Waals surface area contributed by atoms with Crippen molar-refractivity contribution in [1.82, 2.24) is 10.6 Å². The third kappa shape index (κ3) is 6.24. The first-order valence-corrected chi connectivity index (χ1v) is 9.02. The van der Waals surface area contributed by atoms with Crippen molar-refractivity contribution in [3.63, 3.8) is 0 Å². The Morgan fingerprint density at radius 1 is 1.04 bits per heavy atom. The second kappa shape index (κ2) is 9.23. The predicted octanol–water partition coefficient (Wildman–Crippen LogP) is 3.70. The van der Waals surface area contributed by atoms with Gasteiger partial charge in [-0.3, -0.25) is 0 Å². The maximum atomic E-state index is 12.2. The van der Waals surface area contributed by atoms with E-state index in [1.807, 2.05) is 48.5 Å². The van der Waals surface area contributed by atoms with E-state index in [0.29, 0.717) is 13.2 Å². The van der Waals surface area contributed by atoms with E-state index in [4.69, 9.17) is 4.74 Å². The van der Waals surface area contributed by atoms with Gasteiger partial charge in [-0.25, -0.2) is 4.79 Å². The number of hydrogen-bond donors (Lipinski definition) is 2. The molecular weight excluding hydrogens is 312 g/mol. The molecule has 2 aromatic rings. The Kier molecular flexibility index (Phi) is 6.46. The summed E-state index contributed by atoms with van der Waals surface area (Å²) in [5, 5.41) is 5.98. The molecule has 2 amide bonds. The number of benzene rings is 2. The third-order valence-electron chi connectivity index (χ3n) is 4.37. The smallest absolute Gasteiger partial charge is 0.315 e. The van der Waals surface area contributed by atoms with Crippen LogP contribution in [-0.4, -0.2) is 25.8 Å². The van der Waals surface area contributed by atoms with E-state index in [-0.39, 0.29) is 12.1 Å². The topological polar surface area (TPSA) is 50.4 Å². The van der Waals surface area contributed by atoms with Crippen molar-refractivity contribution < 1.29 is 9.53 Å². The highest BCUT2D eigenvalue weighted by molar-refractivity contribution is 5.74. The summed E-state index contributed by atoms with van der Waals surface area (Å²) in [4.78, 5) is 12.2. The molecule has 1 atom stereocenters. The van der Waals surface area contributed by atoms with E-state index in [1.165, 1.54) is 18.4 Å². The number of rotatable bonds is 9. The summed E-state index contributed by atoms with van der Waals surface area (Å²) >= 11 is 0. The fraction of sp³-hybridized carbons (Fsp3) is 0.381. The molecule has 0 spiro atoms. The number of carbonyl (C=O) groups excluding carboxylic acids is 1. The van der Waals surface area contributed by atoms with Crippen molar-refractivity contribution in [2.75, 3.05) is 19.8 Å². The molecule has 1 fully saturated rings. The molecule has 25 heavy (non-hydrogen) atoms. The molecule has 0 bridgehead atoms. The summed E-state index contributed by atoms with van der Waals surface area (Å²) in [6.07, 6.45) is 3.33. The molecule has 1 aliphatic carbocycles. The van der Waals surface area contributed by atoms with Gasteiger partial charge in [-0.2, -0.15) is 0 Å². The van der Waals surface area contributed by atoms with E-state index in [1.54, 1.807) is 0 Å². The largest absolute Gasteiger partial charge is 0.379 e. The quantitative estimate of drug-likeness (QED) is 0.685. The lowest BCUT2D eigenvalue weighted by Gasteiger charge is -2.20. The SMILES string of the molecule is O=C(NCCOCC1CC1)NC(Cc1ccccc1)c1ccccc1. The molecule has 3 rings (SSSR count).